The predicted molar refractivity (Wildman–Crippen MR) is 108 cm³/mol. The normalized spacial score (nSPS) is 17.6. The van der Waals surface area contributed by atoms with Crippen LogP contribution in [0.3, 0.4) is 0 Å². The summed E-state index contributed by atoms with van der Waals surface area (Å²) in [6, 6.07) is 10.7. The lowest BCUT2D eigenvalue weighted by Gasteiger charge is -2.27. The quantitative estimate of drug-likeness (QED) is 0.613. The van der Waals surface area contributed by atoms with E-state index in [0.717, 1.165) is 40.9 Å². The summed E-state index contributed by atoms with van der Waals surface area (Å²) in [5.74, 6) is -1.16. The number of anilines is 1. The van der Waals surface area contributed by atoms with Crippen LogP contribution < -0.4 is 11.1 Å². The number of nitrogens with one attached hydrogen (secondary N) is 1. The van der Waals surface area contributed by atoms with Crippen LogP contribution in [0.5, 0.6) is 0 Å². The minimum atomic E-state index is -0.415. The van der Waals surface area contributed by atoms with E-state index in [0.29, 0.717) is 16.8 Å². The first-order chi connectivity index (χ1) is 12.9. The van der Waals surface area contributed by atoms with Gasteiger partial charge in [-0.3, -0.25) is 19.3 Å². The number of aryl methyl sites for hydroxylation is 2. The molecular formula is C21H22ClN3O3. The van der Waals surface area contributed by atoms with Crippen LogP contribution in [0.2, 0.25) is 0 Å². The number of hydrogen-bond donors (Lipinski definition) is 2. The van der Waals surface area contributed by atoms with Crippen molar-refractivity contribution in [1.82, 2.24) is 10.2 Å². The van der Waals surface area contributed by atoms with Crippen molar-refractivity contribution in [3.05, 3.63) is 64.2 Å². The van der Waals surface area contributed by atoms with Gasteiger partial charge in [-0.15, -0.1) is 12.4 Å². The van der Waals surface area contributed by atoms with Crippen LogP contribution in [0, 0.1) is 6.92 Å². The number of rotatable bonds is 3. The van der Waals surface area contributed by atoms with E-state index in [9.17, 15) is 14.4 Å². The summed E-state index contributed by atoms with van der Waals surface area (Å²) in [6.07, 6.45) is 2.71. The maximum atomic E-state index is 12.6. The molecule has 2 aromatic carbocycles. The number of fused-ring (bicyclic) bond motifs is 2. The van der Waals surface area contributed by atoms with Gasteiger partial charge in [0.1, 0.15) is 6.54 Å². The monoisotopic (exact) mass is 399 g/mol. The average molecular weight is 400 g/mol. The summed E-state index contributed by atoms with van der Waals surface area (Å²) in [5, 5.41) is 2.97. The van der Waals surface area contributed by atoms with E-state index in [1.807, 2.05) is 25.1 Å². The third-order valence-electron chi connectivity index (χ3n) is 5.24. The number of nitrogens with two attached hydrogens (primary N) is 1. The third-order valence-corrected chi connectivity index (χ3v) is 5.24. The molecule has 1 heterocycles. The summed E-state index contributed by atoms with van der Waals surface area (Å²) < 4.78 is 0. The van der Waals surface area contributed by atoms with Crippen LogP contribution >= 0.6 is 12.4 Å². The molecule has 1 aliphatic carbocycles. The molecule has 2 aromatic rings. The van der Waals surface area contributed by atoms with Crippen LogP contribution in [0.1, 0.15) is 56.3 Å². The van der Waals surface area contributed by atoms with Crippen molar-refractivity contribution in [3.8, 4) is 0 Å². The van der Waals surface area contributed by atoms with E-state index < -0.39 is 11.8 Å². The van der Waals surface area contributed by atoms with E-state index in [1.54, 1.807) is 18.2 Å². The van der Waals surface area contributed by atoms with Gasteiger partial charge in [-0.1, -0.05) is 17.7 Å². The van der Waals surface area contributed by atoms with Gasteiger partial charge >= 0.3 is 0 Å². The van der Waals surface area contributed by atoms with Gasteiger partial charge in [0.15, 0.2) is 0 Å². The van der Waals surface area contributed by atoms with Crippen LogP contribution in [0.15, 0.2) is 36.4 Å². The maximum absolute atomic E-state index is 12.6. The summed E-state index contributed by atoms with van der Waals surface area (Å²) in [4.78, 5) is 38.6. The molecule has 6 nitrogen and oxygen atoms in total. The molecule has 1 unspecified atom stereocenters. The topological polar surface area (TPSA) is 92.5 Å². The van der Waals surface area contributed by atoms with Gasteiger partial charge in [-0.25, -0.2) is 0 Å². The van der Waals surface area contributed by atoms with Crippen LogP contribution in [-0.4, -0.2) is 29.2 Å². The Balaban J connectivity index is 0.00000225. The molecule has 0 saturated heterocycles. The molecule has 1 aliphatic heterocycles. The number of carbonyl (C=O) groups is 3. The number of halogens is 1. The van der Waals surface area contributed by atoms with Gasteiger partial charge in [-0.05, 0) is 61.6 Å². The highest BCUT2D eigenvalue weighted by atomic mass is 35.5. The summed E-state index contributed by atoms with van der Waals surface area (Å²) in [7, 11) is 0. The fourth-order valence-corrected chi connectivity index (χ4v) is 3.92. The number of nitrogens with zero attached hydrogens (tertiary/aromatic N) is 1. The molecule has 7 heteroatoms. The van der Waals surface area contributed by atoms with Gasteiger partial charge < -0.3 is 11.1 Å². The van der Waals surface area contributed by atoms with E-state index in [2.05, 4.69) is 5.32 Å². The van der Waals surface area contributed by atoms with Crippen molar-refractivity contribution in [1.29, 1.82) is 0 Å². The first-order valence-electron chi connectivity index (χ1n) is 9.08. The Morgan fingerprint density at radius 1 is 1.14 bits per heavy atom. The lowest BCUT2D eigenvalue weighted by atomic mass is 9.87. The Bertz CT molecular complexity index is 973. The zero-order valence-electron chi connectivity index (χ0n) is 15.5. The highest BCUT2D eigenvalue weighted by Gasteiger charge is 2.37. The lowest BCUT2D eigenvalue weighted by Crippen LogP contribution is -2.42. The lowest BCUT2D eigenvalue weighted by molar-refractivity contribution is -0.122. The second kappa shape index (κ2) is 7.64. The molecule has 28 heavy (non-hydrogen) atoms. The number of nitrogen functional groups attached to an aromatic ring is 1. The molecule has 3 N–H and O–H groups in total. The van der Waals surface area contributed by atoms with Crippen LogP contribution in [-0.2, 0) is 11.2 Å². The van der Waals surface area contributed by atoms with Crippen molar-refractivity contribution < 1.29 is 14.4 Å². The zero-order chi connectivity index (χ0) is 19.1. The van der Waals surface area contributed by atoms with Crippen LogP contribution in [0.4, 0.5) is 5.69 Å². The maximum Gasteiger partial charge on any atom is 0.262 e. The summed E-state index contributed by atoms with van der Waals surface area (Å²) in [6.45, 7) is 1.59. The van der Waals surface area contributed by atoms with Gasteiger partial charge in [-0.2, -0.15) is 0 Å². The first-order valence-corrected chi connectivity index (χ1v) is 9.08. The standard InChI is InChI=1S/C21H21N3O3.ClH/c1-12-5-7-16-17(9-12)21(27)24(20(16)26)11-19(25)23-18-4-2-3-13-10-14(22)6-8-15(13)18;/h5-10,18H,2-4,11,22H2,1H3,(H,23,25);1H. The summed E-state index contributed by atoms with van der Waals surface area (Å²) >= 11 is 0. The minimum absolute atomic E-state index is 0. The highest BCUT2D eigenvalue weighted by molar-refractivity contribution is 6.22. The fraction of sp³-hybridized carbons (Fsp3) is 0.286. The molecule has 0 bridgehead atoms. The largest absolute Gasteiger partial charge is 0.399 e. The van der Waals surface area contributed by atoms with Gasteiger partial charge in [0, 0.05) is 5.69 Å². The smallest absolute Gasteiger partial charge is 0.262 e. The Morgan fingerprint density at radius 2 is 1.89 bits per heavy atom. The Labute approximate surface area is 169 Å². The van der Waals surface area contributed by atoms with E-state index in [4.69, 9.17) is 5.73 Å². The third kappa shape index (κ3) is 3.47. The second-order valence-electron chi connectivity index (χ2n) is 7.22. The molecule has 2 aliphatic rings. The molecule has 146 valence electrons. The average Bonchev–Trinajstić information content (AvgIpc) is 2.86. The Morgan fingerprint density at radius 3 is 2.68 bits per heavy atom. The fourth-order valence-electron chi connectivity index (χ4n) is 3.92. The molecule has 0 radical (unpaired) electrons. The van der Waals surface area contributed by atoms with E-state index >= 15 is 0 Å². The van der Waals surface area contributed by atoms with Crippen molar-refractivity contribution >= 4 is 35.8 Å². The van der Waals surface area contributed by atoms with Crippen molar-refractivity contribution in [3.63, 3.8) is 0 Å². The highest BCUT2D eigenvalue weighted by Crippen LogP contribution is 2.31. The van der Waals surface area contributed by atoms with Gasteiger partial charge in [0.25, 0.3) is 11.8 Å². The molecular weight excluding hydrogens is 378 g/mol. The van der Waals surface area contributed by atoms with E-state index in [1.165, 1.54) is 0 Å². The number of imide groups is 1. The molecule has 4 rings (SSSR count). The molecule has 0 saturated carbocycles. The predicted octanol–water partition coefficient (Wildman–Crippen LogP) is 2.79. The van der Waals surface area contributed by atoms with Crippen molar-refractivity contribution in [2.75, 3.05) is 12.3 Å². The molecule has 1 atom stereocenters. The zero-order valence-corrected chi connectivity index (χ0v) is 16.3. The number of hydrogen-bond acceptors (Lipinski definition) is 4. The number of amides is 3. The first kappa shape index (κ1) is 19.9. The van der Waals surface area contributed by atoms with Crippen molar-refractivity contribution in [2.24, 2.45) is 0 Å². The van der Waals surface area contributed by atoms with Gasteiger partial charge in [0.2, 0.25) is 5.91 Å². The number of carbonyl (C=O) groups excluding carboxylic acids is 3. The van der Waals surface area contributed by atoms with Crippen molar-refractivity contribution in [2.45, 2.75) is 32.2 Å². The Kier molecular flexibility index (Phi) is 5.42. The Hall–Kier alpha value is -2.86. The molecule has 0 spiro atoms. The van der Waals surface area contributed by atoms with Crippen LogP contribution in [0.25, 0.3) is 0 Å². The SMILES string of the molecule is Cc1ccc2c(c1)C(=O)N(CC(=O)NC1CCCc3cc(N)ccc31)C2=O.Cl. The molecule has 0 aromatic heterocycles. The van der Waals surface area contributed by atoms with E-state index in [-0.39, 0.29) is 30.9 Å². The number of benzene rings is 2. The minimum Gasteiger partial charge on any atom is -0.399 e. The molecule has 0 fully saturated rings. The van der Waals surface area contributed by atoms with Gasteiger partial charge in [0.05, 0.1) is 17.2 Å². The molecule has 3 amide bonds. The second-order valence-corrected chi connectivity index (χ2v) is 7.22. The summed E-state index contributed by atoms with van der Waals surface area (Å²) in [5.41, 5.74) is 10.4.